The van der Waals surface area contributed by atoms with Crippen molar-refractivity contribution in [2.75, 3.05) is 23.9 Å². The Kier molecular flexibility index (Phi) is 4.89. The van der Waals surface area contributed by atoms with Gasteiger partial charge in [-0.2, -0.15) is 0 Å². The minimum Gasteiger partial charge on any atom is -0.497 e. The van der Waals surface area contributed by atoms with Gasteiger partial charge in [0.2, 0.25) is 0 Å². The average Bonchev–Trinajstić information content (AvgIpc) is 2.75. The molecule has 1 heterocycles. The van der Waals surface area contributed by atoms with Crippen LogP contribution in [0.25, 0.3) is 0 Å². The molecule has 3 aromatic carbocycles. The summed E-state index contributed by atoms with van der Waals surface area (Å²) >= 11 is 0. The van der Waals surface area contributed by atoms with Crippen molar-refractivity contribution in [3.8, 4) is 11.5 Å². The Morgan fingerprint density at radius 3 is 2.29 bits per heavy atom. The Bertz CT molecular complexity index is 968. The van der Waals surface area contributed by atoms with Gasteiger partial charge in [-0.1, -0.05) is 24.3 Å². The minimum atomic E-state index is -0.327. The highest BCUT2D eigenvalue weighted by Gasteiger charge is 2.33. The van der Waals surface area contributed by atoms with E-state index < -0.39 is 0 Å². The Hall–Kier alpha value is -3.47. The van der Waals surface area contributed by atoms with Crippen LogP contribution in [0.15, 0.2) is 72.8 Å². The number of carbonyl (C=O) groups excluding carboxylic acids is 1. The molecular weight excluding hydrogens is 352 g/mol. The molecule has 1 aliphatic rings. The number of anilines is 2. The zero-order valence-electron chi connectivity index (χ0n) is 15.9. The molecule has 142 valence electrons. The zero-order valence-corrected chi connectivity index (χ0v) is 15.9. The van der Waals surface area contributed by atoms with Crippen LogP contribution < -0.4 is 19.7 Å². The molecule has 0 saturated heterocycles. The van der Waals surface area contributed by atoms with Crippen molar-refractivity contribution in [3.63, 3.8) is 0 Å². The Balaban J connectivity index is 1.77. The Morgan fingerprint density at radius 1 is 0.929 bits per heavy atom. The topological polar surface area (TPSA) is 50.8 Å². The highest BCUT2D eigenvalue weighted by Crippen LogP contribution is 2.37. The van der Waals surface area contributed by atoms with Crippen LogP contribution in [0.4, 0.5) is 11.4 Å². The molecule has 0 aliphatic carbocycles. The summed E-state index contributed by atoms with van der Waals surface area (Å²) in [4.78, 5) is 15.1. The van der Waals surface area contributed by atoms with Crippen molar-refractivity contribution in [2.45, 2.75) is 13.1 Å². The maximum Gasteiger partial charge on any atom is 0.262 e. The summed E-state index contributed by atoms with van der Waals surface area (Å²) in [5.74, 6) is 1.52. The van der Waals surface area contributed by atoms with Crippen molar-refractivity contribution in [1.29, 1.82) is 0 Å². The van der Waals surface area contributed by atoms with Crippen molar-refractivity contribution < 1.29 is 14.3 Å². The fraction of sp³-hybridized carbons (Fsp3) is 0.174. The minimum absolute atomic E-state index is 0.0431. The smallest absolute Gasteiger partial charge is 0.262 e. The number of nitrogens with one attached hydrogen (secondary N) is 1. The molecule has 0 spiro atoms. The van der Waals surface area contributed by atoms with Gasteiger partial charge >= 0.3 is 0 Å². The predicted molar refractivity (Wildman–Crippen MR) is 110 cm³/mol. The summed E-state index contributed by atoms with van der Waals surface area (Å²) < 4.78 is 10.8. The lowest BCUT2D eigenvalue weighted by Gasteiger charge is -2.38. The van der Waals surface area contributed by atoms with Gasteiger partial charge in [0.1, 0.15) is 17.7 Å². The second-order valence-electron chi connectivity index (χ2n) is 6.47. The Labute approximate surface area is 164 Å². The first-order chi connectivity index (χ1) is 13.7. The van der Waals surface area contributed by atoms with Crippen LogP contribution in [0.5, 0.6) is 11.5 Å². The fourth-order valence-electron chi connectivity index (χ4n) is 3.41. The number of hydrogen-bond donors (Lipinski definition) is 1. The fourth-order valence-corrected chi connectivity index (χ4v) is 3.41. The number of para-hydroxylation sites is 1. The van der Waals surface area contributed by atoms with Gasteiger partial charge in [-0.05, 0) is 61.0 Å². The molecule has 3 aromatic rings. The van der Waals surface area contributed by atoms with E-state index in [-0.39, 0.29) is 12.1 Å². The van der Waals surface area contributed by atoms with Gasteiger partial charge in [-0.15, -0.1) is 0 Å². The molecule has 5 nitrogen and oxygen atoms in total. The summed E-state index contributed by atoms with van der Waals surface area (Å²) in [6.07, 6.45) is -0.327. The standard InChI is InChI=1S/C23H22N2O3/c1-3-28-19-12-8-16(9-13-19)22-24-21-7-5-4-6-20(21)23(26)25(22)17-10-14-18(27-2)15-11-17/h4-15,22,24H,3H2,1-2H3/t22-/m1/s1. The summed E-state index contributed by atoms with van der Waals surface area (Å²) in [6.45, 7) is 2.57. The number of rotatable bonds is 5. The summed E-state index contributed by atoms with van der Waals surface area (Å²) in [5, 5.41) is 3.51. The number of nitrogens with zero attached hydrogens (tertiary/aromatic N) is 1. The van der Waals surface area contributed by atoms with Gasteiger partial charge in [-0.3, -0.25) is 9.69 Å². The van der Waals surface area contributed by atoms with Crippen LogP contribution in [0.2, 0.25) is 0 Å². The monoisotopic (exact) mass is 374 g/mol. The second kappa shape index (κ2) is 7.64. The molecule has 5 heteroatoms. The summed E-state index contributed by atoms with van der Waals surface area (Å²) in [7, 11) is 1.63. The number of fused-ring (bicyclic) bond motifs is 1. The first kappa shape index (κ1) is 17.9. The number of ether oxygens (including phenoxy) is 2. The molecular formula is C23H22N2O3. The molecule has 1 aliphatic heterocycles. The van der Waals surface area contributed by atoms with Crippen LogP contribution in [0.1, 0.15) is 29.0 Å². The normalized spacial score (nSPS) is 15.6. The van der Waals surface area contributed by atoms with Crippen LogP contribution in [0, 0.1) is 0 Å². The zero-order chi connectivity index (χ0) is 19.5. The van der Waals surface area contributed by atoms with Crippen LogP contribution in [-0.4, -0.2) is 19.6 Å². The maximum absolute atomic E-state index is 13.4. The SMILES string of the molecule is CCOc1ccc([C@@H]2Nc3ccccc3C(=O)N2c2ccc(OC)cc2)cc1. The van der Waals surface area contributed by atoms with E-state index in [4.69, 9.17) is 9.47 Å². The lowest BCUT2D eigenvalue weighted by Crippen LogP contribution is -2.43. The maximum atomic E-state index is 13.4. The first-order valence-corrected chi connectivity index (χ1v) is 9.27. The second-order valence-corrected chi connectivity index (χ2v) is 6.47. The lowest BCUT2D eigenvalue weighted by molar-refractivity contribution is 0.0975. The van der Waals surface area contributed by atoms with E-state index in [0.717, 1.165) is 28.4 Å². The lowest BCUT2D eigenvalue weighted by atomic mass is 10.0. The number of benzene rings is 3. The van der Waals surface area contributed by atoms with E-state index in [1.165, 1.54) is 0 Å². The molecule has 1 atom stereocenters. The third kappa shape index (κ3) is 3.27. The van der Waals surface area contributed by atoms with Gasteiger partial charge in [-0.25, -0.2) is 0 Å². The third-order valence-corrected chi connectivity index (χ3v) is 4.78. The molecule has 0 aromatic heterocycles. The van der Waals surface area contributed by atoms with E-state index >= 15 is 0 Å². The quantitative estimate of drug-likeness (QED) is 0.693. The van der Waals surface area contributed by atoms with Gasteiger partial charge in [0.05, 0.1) is 19.3 Å². The van der Waals surface area contributed by atoms with Gasteiger partial charge in [0.25, 0.3) is 5.91 Å². The van der Waals surface area contributed by atoms with Crippen LogP contribution in [0.3, 0.4) is 0 Å². The van der Waals surface area contributed by atoms with Crippen LogP contribution >= 0.6 is 0 Å². The van der Waals surface area contributed by atoms with Crippen molar-refractivity contribution >= 4 is 17.3 Å². The predicted octanol–water partition coefficient (Wildman–Crippen LogP) is 4.87. The van der Waals surface area contributed by atoms with Crippen molar-refractivity contribution in [3.05, 3.63) is 83.9 Å². The van der Waals surface area contributed by atoms with Crippen molar-refractivity contribution in [2.24, 2.45) is 0 Å². The molecule has 4 rings (SSSR count). The van der Waals surface area contributed by atoms with E-state index in [1.54, 1.807) is 12.0 Å². The highest BCUT2D eigenvalue weighted by molar-refractivity contribution is 6.12. The van der Waals surface area contributed by atoms with Gasteiger partial charge in [0.15, 0.2) is 0 Å². The summed E-state index contributed by atoms with van der Waals surface area (Å²) in [6, 6.07) is 22.9. The van der Waals surface area contributed by atoms with Gasteiger partial charge in [0, 0.05) is 11.4 Å². The number of amides is 1. The Morgan fingerprint density at radius 2 is 1.61 bits per heavy atom. The molecule has 0 radical (unpaired) electrons. The van der Waals surface area contributed by atoms with Crippen LogP contribution in [-0.2, 0) is 0 Å². The van der Waals surface area contributed by atoms with Crippen molar-refractivity contribution in [1.82, 2.24) is 0 Å². The number of methoxy groups -OCH3 is 1. The molecule has 0 fully saturated rings. The molecule has 1 amide bonds. The third-order valence-electron chi connectivity index (χ3n) is 4.78. The molecule has 28 heavy (non-hydrogen) atoms. The van der Waals surface area contributed by atoms with E-state index in [9.17, 15) is 4.79 Å². The van der Waals surface area contributed by atoms with E-state index in [1.807, 2.05) is 79.7 Å². The summed E-state index contributed by atoms with van der Waals surface area (Å²) in [5.41, 5.74) is 3.26. The molecule has 0 unspecified atom stereocenters. The highest BCUT2D eigenvalue weighted by atomic mass is 16.5. The van der Waals surface area contributed by atoms with E-state index in [2.05, 4.69) is 5.32 Å². The van der Waals surface area contributed by atoms with Gasteiger partial charge < -0.3 is 14.8 Å². The largest absolute Gasteiger partial charge is 0.497 e. The molecule has 0 bridgehead atoms. The number of carbonyl (C=O) groups is 1. The molecule has 1 N–H and O–H groups in total. The number of hydrogen-bond acceptors (Lipinski definition) is 4. The average molecular weight is 374 g/mol. The van der Waals surface area contributed by atoms with E-state index in [0.29, 0.717) is 12.2 Å². The molecule has 0 saturated carbocycles. The first-order valence-electron chi connectivity index (χ1n) is 9.27.